The number of aryl methyl sites for hydroxylation is 1. The number of aromatic nitrogens is 5. The van der Waals surface area contributed by atoms with Crippen molar-refractivity contribution in [3.8, 4) is 22.5 Å². The van der Waals surface area contributed by atoms with Gasteiger partial charge in [0.15, 0.2) is 5.65 Å². The summed E-state index contributed by atoms with van der Waals surface area (Å²) >= 11 is 1.72. The minimum Gasteiger partial charge on any atom is -0.357 e. The highest BCUT2D eigenvalue weighted by molar-refractivity contribution is 7.11. The van der Waals surface area contributed by atoms with E-state index >= 15 is 0 Å². The third kappa shape index (κ3) is 5.23. The lowest BCUT2D eigenvalue weighted by molar-refractivity contribution is 0.691. The van der Waals surface area contributed by atoms with Crippen LogP contribution in [-0.2, 0) is 13.1 Å². The number of nitrogens with zero attached hydrogens (tertiary/aromatic N) is 3. The highest BCUT2D eigenvalue weighted by Crippen LogP contribution is 2.35. The number of aromatic amines is 2. The second-order valence-corrected chi connectivity index (χ2v) is 10.3. The van der Waals surface area contributed by atoms with Gasteiger partial charge in [-0.2, -0.15) is 5.10 Å². The Balaban J connectivity index is 1.29. The van der Waals surface area contributed by atoms with Gasteiger partial charge in [0.2, 0.25) is 0 Å². The van der Waals surface area contributed by atoms with Crippen molar-refractivity contribution in [1.29, 1.82) is 0 Å². The maximum Gasteiger partial charge on any atom is 0.181 e. The van der Waals surface area contributed by atoms with Crippen molar-refractivity contribution in [2.24, 2.45) is 0 Å². The van der Waals surface area contributed by atoms with Gasteiger partial charge in [-0.05, 0) is 47.7 Å². The molecule has 0 aliphatic heterocycles. The number of allylic oxidation sites excluding steroid dienone is 2. The van der Waals surface area contributed by atoms with Crippen molar-refractivity contribution in [1.82, 2.24) is 30.5 Å². The number of fused-ring (bicyclic) bond motifs is 1. The molecule has 0 atom stereocenters. The fraction of sp³-hybridized carbons (Fsp3) is 0.0938. The number of benzene rings is 1. The lowest BCUT2D eigenvalue weighted by atomic mass is 10.0. The number of pyridine rings is 2. The number of rotatable bonds is 9. The van der Waals surface area contributed by atoms with Gasteiger partial charge in [-0.25, -0.2) is 4.98 Å². The molecule has 0 saturated carbocycles. The number of hydrogen-bond acceptors (Lipinski definition) is 5. The van der Waals surface area contributed by atoms with Crippen LogP contribution < -0.4 is 5.32 Å². The Bertz CT molecular complexity index is 1760. The Morgan fingerprint density at radius 2 is 1.82 bits per heavy atom. The maximum atomic E-state index is 4.65. The van der Waals surface area contributed by atoms with Crippen LogP contribution in [0.1, 0.15) is 27.3 Å². The Morgan fingerprint density at radius 3 is 2.64 bits per heavy atom. The molecule has 5 heterocycles. The summed E-state index contributed by atoms with van der Waals surface area (Å²) in [5.41, 5.74) is 10.3. The van der Waals surface area contributed by atoms with Crippen LogP contribution in [-0.4, -0.2) is 25.1 Å². The molecule has 6 aromatic rings. The largest absolute Gasteiger partial charge is 0.357 e. The fourth-order valence-electron chi connectivity index (χ4n) is 4.78. The highest BCUT2D eigenvalue weighted by Gasteiger charge is 2.17. The smallest absolute Gasteiger partial charge is 0.181 e. The number of hydrogen-bond donors (Lipinski definition) is 3. The van der Waals surface area contributed by atoms with E-state index in [9.17, 15) is 0 Å². The molecule has 0 aliphatic carbocycles. The summed E-state index contributed by atoms with van der Waals surface area (Å²) in [5.74, 6) is 0. The molecule has 192 valence electrons. The molecule has 0 unspecified atom stereocenters. The second kappa shape index (κ2) is 11.0. The van der Waals surface area contributed by atoms with E-state index in [0.29, 0.717) is 5.65 Å². The number of thiophene rings is 1. The van der Waals surface area contributed by atoms with Crippen LogP contribution in [0.2, 0.25) is 0 Å². The van der Waals surface area contributed by atoms with Crippen molar-refractivity contribution < 1.29 is 0 Å². The van der Waals surface area contributed by atoms with E-state index < -0.39 is 0 Å². The van der Waals surface area contributed by atoms with Crippen LogP contribution in [0.3, 0.4) is 0 Å². The van der Waals surface area contributed by atoms with Crippen LogP contribution in [0.5, 0.6) is 0 Å². The van der Waals surface area contributed by atoms with E-state index in [1.807, 2.05) is 30.7 Å². The summed E-state index contributed by atoms with van der Waals surface area (Å²) in [6.07, 6.45) is 9.54. The van der Waals surface area contributed by atoms with Crippen molar-refractivity contribution >= 4 is 27.9 Å². The van der Waals surface area contributed by atoms with Gasteiger partial charge in [-0.15, -0.1) is 11.3 Å². The lowest BCUT2D eigenvalue weighted by Gasteiger charge is -2.07. The van der Waals surface area contributed by atoms with Gasteiger partial charge in [0.1, 0.15) is 0 Å². The van der Waals surface area contributed by atoms with Gasteiger partial charge in [-0.1, -0.05) is 55.1 Å². The SMILES string of the molecule is C=C/C=C(/c1cccs1)c1cc(-c2[nH]nc3ncc(-c4cncc(CNCc5ccccc5)c4)cc23)[nH]c1C. The molecule has 0 fully saturated rings. The zero-order chi connectivity index (χ0) is 26.6. The topological polar surface area (TPSA) is 82.3 Å². The molecule has 0 aliphatic rings. The van der Waals surface area contributed by atoms with Crippen LogP contribution in [0.4, 0.5) is 0 Å². The Labute approximate surface area is 231 Å². The van der Waals surface area contributed by atoms with Crippen LogP contribution >= 0.6 is 11.3 Å². The standard InChI is InChI=1S/C32H28N6S/c1-3-8-26(30-11-7-12-39-30)27-15-29(36-21(27)2)31-28-14-25(20-35-32(28)38-37-31)24-13-23(18-34-19-24)17-33-16-22-9-5-4-6-10-22/h3-15,18-20,33,36H,1,16-17H2,2H3,(H,35,37,38)/b26-8+. The molecule has 6 rings (SSSR count). The normalized spacial score (nSPS) is 11.8. The Morgan fingerprint density at radius 1 is 0.974 bits per heavy atom. The average molecular weight is 529 g/mol. The summed E-state index contributed by atoms with van der Waals surface area (Å²) in [5, 5.41) is 14.2. The Hall–Kier alpha value is -4.59. The van der Waals surface area contributed by atoms with Gasteiger partial charge in [0, 0.05) is 69.9 Å². The van der Waals surface area contributed by atoms with Gasteiger partial charge in [0.05, 0.1) is 11.4 Å². The molecule has 0 spiro atoms. The molecule has 3 N–H and O–H groups in total. The minimum atomic E-state index is 0.677. The van der Waals surface area contributed by atoms with Crippen molar-refractivity contribution in [2.45, 2.75) is 20.0 Å². The molecule has 6 nitrogen and oxygen atoms in total. The molecule has 5 aromatic heterocycles. The molecule has 0 saturated heterocycles. The first-order valence-electron chi connectivity index (χ1n) is 12.8. The van der Waals surface area contributed by atoms with E-state index in [0.717, 1.165) is 63.4 Å². The predicted molar refractivity (Wildman–Crippen MR) is 160 cm³/mol. The lowest BCUT2D eigenvalue weighted by Crippen LogP contribution is -2.12. The zero-order valence-electron chi connectivity index (χ0n) is 21.6. The third-order valence-electron chi connectivity index (χ3n) is 6.68. The van der Waals surface area contributed by atoms with Crippen molar-refractivity contribution in [2.75, 3.05) is 0 Å². The molecule has 7 heteroatoms. The summed E-state index contributed by atoms with van der Waals surface area (Å²) in [4.78, 5) is 13.9. The molecule has 0 bridgehead atoms. The first-order chi connectivity index (χ1) is 19.2. The number of nitrogens with one attached hydrogen (secondary N) is 3. The molecule has 0 radical (unpaired) electrons. The minimum absolute atomic E-state index is 0.677. The van der Waals surface area contributed by atoms with E-state index in [2.05, 4.69) is 110 Å². The molecular weight excluding hydrogens is 500 g/mol. The fourth-order valence-corrected chi connectivity index (χ4v) is 5.54. The van der Waals surface area contributed by atoms with Crippen molar-refractivity contribution in [3.05, 3.63) is 131 Å². The van der Waals surface area contributed by atoms with E-state index in [1.165, 1.54) is 10.4 Å². The van der Waals surface area contributed by atoms with Crippen molar-refractivity contribution in [3.63, 3.8) is 0 Å². The summed E-state index contributed by atoms with van der Waals surface area (Å²) in [6.45, 7) is 7.56. The van der Waals surface area contributed by atoms with Crippen LogP contribution in [0.25, 0.3) is 39.1 Å². The molecule has 0 amide bonds. The molecule has 1 aromatic carbocycles. The molecular formula is C32H28N6S. The molecule has 39 heavy (non-hydrogen) atoms. The quantitative estimate of drug-likeness (QED) is 0.172. The van der Waals surface area contributed by atoms with Gasteiger partial charge >= 0.3 is 0 Å². The first-order valence-corrected chi connectivity index (χ1v) is 13.7. The van der Waals surface area contributed by atoms with E-state index in [-0.39, 0.29) is 0 Å². The second-order valence-electron chi connectivity index (χ2n) is 9.38. The number of H-pyrrole nitrogens is 2. The average Bonchev–Trinajstić information content (AvgIpc) is 3.72. The third-order valence-corrected chi connectivity index (χ3v) is 7.59. The van der Waals surface area contributed by atoms with E-state index in [1.54, 1.807) is 11.3 Å². The van der Waals surface area contributed by atoms with Gasteiger partial charge in [-0.3, -0.25) is 10.1 Å². The van der Waals surface area contributed by atoms with Gasteiger partial charge in [0.25, 0.3) is 0 Å². The zero-order valence-corrected chi connectivity index (χ0v) is 22.4. The van der Waals surface area contributed by atoms with E-state index in [4.69, 9.17) is 0 Å². The van der Waals surface area contributed by atoms with Crippen LogP contribution in [0, 0.1) is 6.92 Å². The summed E-state index contributed by atoms with van der Waals surface area (Å²) in [7, 11) is 0. The highest BCUT2D eigenvalue weighted by atomic mass is 32.1. The van der Waals surface area contributed by atoms with Crippen LogP contribution in [0.15, 0.2) is 103 Å². The predicted octanol–water partition coefficient (Wildman–Crippen LogP) is 7.29. The summed E-state index contributed by atoms with van der Waals surface area (Å²) < 4.78 is 0. The first kappa shape index (κ1) is 24.7. The monoisotopic (exact) mass is 528 g/mol. The summed E-state index contributed by atoms with van der Waals surface area (Å²) in [6, 6.07) is 21.1. The maximum absolute atomic E-state index is 4.65. The Kier molecular flexibility index (Phi) is 6.99. The van der Waals surface area contributed by atoms with Gasteiger partial charge < -0.3 is 10.3 Å².